The summed E-state index contributed by atoms with van der Waals surface area (Å²) in [5.74, 6) is -2.14. The molecule has 0 aliphatic heterocycles. The van der Waals surface area contributed by atoms with Crippen LogP contribution in [-0.2, 0) is 47.6 Å². The lowest BCUT2D eigenvalue weighted by atomic mass is 9.99. The molecule has 0 saturated heterocycles. The molecule has 0 aromatic carbocycles. The van der Waals surface area contributed by atoms with Crippen LogP contribution >= 0.6 is 0 Å². The smallest absolute Gasteiger partial charge is 0.335 e. The van der Waals surface area contributed by atoms with Gasteiger partial charge in [0.1, 0.15) is 11.2 Å². The normalized spacial score (nSPS) is 16.1. The minimum absolute atomic E-state index is 0.00634. The van der Waals surface area contributed by atoms with E-state index in [9.17, 15) is 19.2 Å². The van der Waals surface area contributed by atoms with Crippen molar-refractivity contribution in [3.05, 3.63) is 0 Å². The highest BCUT2D eigenvalue weighted by Crippen LogP contribution is 2.19. The van der Waals surface area contributed by atoms with Gasteiger partial charge in [0.2, 0.25) is 11.6 Å². The molecule has 216 valence electrons. The van der Waals surface area contributed by atoms with Crippen molar-refractivity contribution >= 4 is 23.5 Å². The molecule has 4 atom stereocenters. The van der Waals surface area contributed by atoms with Crippen molar-refractivity contribution in [1.82, 2.24) is 0 Å². The van der Waals surface area contributed by atoms with Crippen molar-refractivity contribution in [2.24, 2.45) is 0 Å². The second-order valence-electron chi connectivity index (χ2n) is 11.3. The van der Waals surface area contributed by atoms with Crippen molar-refractivity contribution in [2.45, 2.75) is 137 Å². The number of hydrogen-bond acceptors (Lipinski definition) is 10. The first-order valence-corrected chi connectivity index (χ1v) is 12.7. The molecule has 0 aromatic heterocycles. The van der Waals surface area contributed by atoms with Crippen molar-refractivity contribution in [2.75, 3.05) is 13.2 Å². The van der Waals surface area contributed by atoms with Crippen LogP contribution in [0, 0.1) is 0 Å². The van der Waals surface area contributed by atoms with Crippen LogP contribution in [0.2, 0.25) is 0 Å². The summed E-state index contributed by atoms with van der Waals surface area (Å²) in [5.41, 5.74) is -3.09. The van der Waals surface area contributed by atoms with Crippen molar-refractivity contribution in [3.8, 4) is 0 Å². The summed E-state index contributed by atoms with van der Waals surface area (Å²) in [6.45, 7) is 21.3. The molecule has 10 heteroatoms. The fourth-order valence-electron chi connectivity index (χ4n) is 3.40. The van der Waals surface area contributed by atoms with E-state index in [1.54, 1.807) is 55.4 Å². The number of rotatable bonds is 16. The van der Waals surface area contributed by atoms with Crippen LogP contribution < -0.4 is 0 Å². The molecule has 37 heavy (non-hydrogen) atoms. The molecule has 0 aliphatic carbocycles. The Bertz CT molecular complexity index is 779. The van der Waals surface area contributed by atoms with Crippen molar-refractivity contribution in [3.63, 3.8) is 0 Å². The Balaban J connectivity index is 4.77. The summed E-state index contributed by atoms with van der Waals surface area (Å²) in [7, 11) is 0. The molecular weight excluding hydrogens is 484 g/mol. The Kier molecular flexibility index (Phi) is 13.6. The molecule has 0 rings (SSSR count). The first-order valence-electron chi connectivity index (χ1n) is 12.7. The third kappa shape index (κ3) is 13.0. The van der Waals surface area contributed by atoms with E-state index in [2.05, 4.69) is 0 Å². The third-order valence-electron chi connectivity index (χ3n) is 5.19. The van der Waals surface area contributed by atoms with Crippen LogP contribution in [0.3, 0.4) is 0 Å². The Morgan fingerprint density at radius 2 is 0.919 bits per heavy atom. The first kappa shape index (κ1) is 35.1. The largest absolute Gasteiger partial charge is 0.453 e. The predicted octanol–water partition coefficient (Wildman–Crippen LogP) is 3.60. The SMILES string of the molecule is CC(C)OC(C)C(=O)O[C@H](C)C(=O)C(C)(C)OCCOC(C)(C)C(=O)C(C)OC(=O)[C@H](C)OC(C)(C)C. The number of carbonyl (C=O) groups excluding carboxylic acids is 4. The standard InChI is InChI=1S/C27H48O10/c1-16(2)34-19(5)23(30)35-17(3)21(28)26(10,11)32-14-15-33-27(12,13)22(29)18(4)36-24(31)20(6)37-25(7,8)9/h16-20H,14-15H2,1-13H3/t17-,18?,19?,20+/m1/s1. The van der Waals surface area contributed by atoms with E-state index < -0.39 is 64.7 Å². The Morgan fingerprint density at radius 1 is 0.568 bits per heavy atom. The van der Waals surface area contributed by atoms with Gasteiger partial charge in [-0.15, -0.1) is 0 Å². The van der Waals surface area contributed by atoms with Gasteiger partial charge < -0.3 is 28.4 Å². The minimum Gasteiger partial charge on any atom is -0.453 e. The second-order valence-corrected chi connectivity index (χ2v) is 11.3. The molecule has 0 N–H and O–H groups in total. The number of ether oxygens (including phenoxy) is 6. The molecule has 0 aromatic rings. The topological polar surface area (TPSA) is 124 Å². The molecule has 0 amide bonds. The molecule has 0 bridgehead atoms. The van der Waals surface area contributed by atoms with Crippen LogP contribution in [0.15, 0.2) is 0 Å². The van der Waals surface area contributed by atoms with Gasteiger partial charge in [0.15, 0.2) is 24.4 Å². The number of ketones is 2. The summed E-state index contributed by atoms with van der Waals surface area (Å²) >= 11 is 0. The van der Waals surface area contributed by atoms with E-state index in [-0.39, 0.29) is 19.3 Å². The van der Waals surface area contributed by atoms with Gasteiger partial charge in [0.25, 0.3) is 0 Å². The molecule has 0 fully saturated rings. The van der Waals surface area contributed by atoms with Gasteiger partial charge in [-0.3, -0.25) is 9.59 Å². The number of hydrogen-bond donors (Lipinski definition) is 0. The minimum atomic E-state index is -1.28. The lowest BCUT2D eigenvalue weighted by molar-refractivity contribution is -0.178. The third-order valence-corrected chi connectivity index (χ3v) is 5.19. The van der Waals surface area contributed by atoms with Gasteiger partial charge in [-0.05, 0) is 90.0 Å². The monoisotopic (exact) mass is 532 g/mol. The zero-order chi connectivity index (χ0) is 29.4. The van der Waals surface area contributed by atoms with Crippen LogP contribution in [0.4, 0.5) is 0 Å². The summed E-state index contributed by atoms with van der Waals surface area (Å²) in [5, 5.41) is 0. The summed E-state index contributed by atoms with van der Waals surface area (Å²) in [4.78, 5) is 50.0. The van der Waals surface area contributed by atoms with E-state index >= 15 is 0 Å². The van der Waals surface area contributed by atoms with E-state index in [4.69, 9.17) is 28.4 Å². The predicted molar refractivity (Wildman–Crippen MR) is 137 cm³/mol. The number of carbonyl (C=O) groups is 4. The molecule has 10 nitrogen and oxygen atoms in total. The van der Waals surface area contributed by atoms with Crippen molar-refractivity contribution in [1.29, 1.82) is 0 Å². The van der Waals surface area contributed by atoms with Crippen LogP contribution in [0.1, 0.15) is 90.0 Å². The van der Waals surface area contributed by atoms with Gasteiger partial charge in [-0.25, -0.2) is 9.59 Å². The van der Waals surface area contributed by atoms with Crippen LogP contribution in [0.25, 0.3) is 0 Å². The molecule has 0 heterocycles. The van der Waals surface area contributed by atoms with Crippen LogP contribution in [0.5, 0.6) is 0 Å². The maximum absolute atomic E-state index is 12.8. The zero-order valence-electron chi connectivity index (χ0n) is 24.9. The van der Waals surface area contributed by atoms with E-state index in [1.165, 1.54) is 13.8 Å². The van der Waals surface area contributed by atoms with E-state index in [1.807, 2.05) is 20.8 Å². The quantitative estimate of drug-likeness (QED) is 0.215. The van der Waals surface area contributed by atoms with Gasteiger partial charge in [0.05, 0.1) is 24.9 Å². The highest BCUT2D eigenvalue weighted by molar-refractivity contribution is 5.92. The Labute approximate surface area is 222 Å². The maximum atomic E-state index is 12.8. The highest BCUT2D eigenvalue weighted by atomic mass is 16.6. The second kappa shape index (κ2) is 14.3. The Morgan fingerprint density at radius 3 is 1.24 bits per heavy atom. The van der Waals surface area contributed by atoms with E-state index in [0.717, 1.165) is 0 Å². The molecular formula is C27H48O10. The Hall–Kier alpha value is -1.88. The zero-order valence-corrected chi connectivity index (χ0v) is 24.9. The number of Topliss-reactive ketones (excluding diaryl/α,β-unsaturated/α-hetero) is 2. The first-order chi connectivity index (χ1) is 16.6. The van der Waals surface area contributed by atoms with Gasteiger partial charge in [0, 0.05) is 0 Å². The summed E-state index contributed by atoms with van der Waals surface area (Å²) in [6.07, 6.45) is -3.89. The summed E-state index contributed by atoms with van der Waals surface area (Å²) in [6, 6.07) is 0. The van der Waals surface area contributed by atoms with Gasteiger partial charge in [-0.1, -0.05) is 0 Å². The maximum Gasteiger partial charge on any atom is 0.335 e. The average molecular weight is 533 g/mol. The fraction of sp³-hybridized carbons (Fsp3) is 0.852. The summed E-state index contributed by atoms with van der Waals surface area (Å²) < 4.78 is 32.8. The molecule has 0 aliphatic rings. The molecule has 0 radical (unpaired) electrons. The fourth-order valence-corrected chi connectivity index (χ4v) is 3.40. The molecule has 0 spiro atoms. The number of esters is 2. The molecule has 2 unspecified atom stereocenters. The molecule has 0 saturated carbocycles. The average Bonchev–Trinajstić information content (AvgIpc) is 2.73. The highest BCUT2D eigenvalue weighted by Gasteiger charge is 2.37. The van der Waals surface area contributed by atoms with Gasteiger partial charge >= 0.3 is 11.9 Å². The van der Waals surface area contributed by atoms with Gasteiger partial charge in [-0.2, -0.15) is 0 Å². The lowest BCUT2D eigenvalue weighted by Crippen LogP contribution is -2.46. The van der Waals surface area contributed by atoms with Crippen molar-refractivity contribution < 1.29 is 47.6 Å². The van der Waals surface area contributed by atoms with E-state index in [0.29, 0.717) is 0 Å². The van der Waals surface area contributed by atoms with Crippen LogP contribution in [-0.4, -0.2) is 84.0 Å². The lowest BCUT2D eigenvalue weighted by Gasteiger charge is -2.30.